The number of piperidine rings is 1. The fraction of sp³-hybridized carbons (Fsp3) is 0.312. The van der Waals surface area contributed by atoms with Crippen LogP contribution in [0.15, 0.2) is 47.4 Å². The molecule has 0 amide bonds. The van der Waals surface area contributed by atoms with Crippen molar-refractivity contribution in [1.29, 1.82) is 0 Å². The number of ether oxygens (including phenoxy) is 1. The first kappa shape index (κ1) is 15.8. The third-order valence-electron chi connectivity index (χ3n) is 4.03. The number of hydrogen-bond acceptors (Lipinski definition) is 4. The van der Waals surface area contributed by atoms with Gasteiger partial charge in [-0.05, 0) is 35.7 Å². The number of benzene rings is 2. The lowest BCUT2D eigenvalue weighted by atomic mass is 10.1. The third-order valence-corrected chi connectivity index (χ3v) is 5.92. The van der Waals surface area contributed by atoms with E-state index >= 15 is 0 Å². The second-order valence-corrected chi connectivity index (χ2v) is 7.43. The highest BCUT2D eigenvalue weighted by Gasteiger charge is 2.30. The summed E-state index contributed by atoms with van der Waals surface area (Å²) in [4.78, 5) is 10.8. The van der Waals surface area contributed by atoms with Crippen LogP contribution in [0.3, 0.4) is 0 Å². The molecule has 1 aliphatic rings. The summed E-state index contributed by atoms with van der Waals surface area (Å²) in [5.74, 6) is 0. The molecule has 0 aromatic heterocycles. The molecule has 0 unspecified atom stereocenters. The standard InChI is InChI=1S/C16H17NO5S/c18-16(19)22-14-7-9-17(10-8-14)23(20,21)15-6-5-12-3-1-2-4-13(12)11-15/h1-6,11,14H,7-10H2,(H,18,19). The van der Waals surface area contributed by atoms with Crippen LogP contribution < -0.4 is 0 Å². The maximum absolute atomic E-state index is 12.7. The van der Waals surface area contributed by atoms with Crippen molar-refractivity contribution in [2.45, 2.75) is 23.8 Å². The minimum atomic E-state index is -3.58. The molecule has 1 saturated heterocycles. The Morgan fingerprint density at radius 3 is 2.39 bits per heavy atom. The van der Waals surface area contributed by atoms with Gasteiger partial charge in [-0.1, -0.05) is 30.3 Å². The van der Waals surface area contributed by atoms with Crippen molar-refractivity contribution in [1.82, 2.24) is 4.31 Å². The third kappa shape index (κ3) is 3.30. The van der Waals surface area contributed by atoms with Crippen molar-refractivity contribution in [3.8, 4) is 0 Å². The van der Waals surface area contributed by atoms with Crippen molar-refractivity contribution in [2.24, 2.45) is 0 Å². The van der Waals surface area contributed by atoms with Gasteiger partial charge in [0.05, 0.1) is 4.90 Å². The van der Waals surface area contributed by atoms with Crippen LogP contribution in [0.2, 0.25) is 0 Å². The predicted molar refractivity (Wildman–Crippen MR) is 84.8 cm³/mol. The lowest BCUT2D eigenvalue weighted by Gasteiger charge is -2.30. The molecule has 1 aliphatic heterocycles. The Bertz CT molecular complexity index is 825. The van der Waals surface area contributed by atoms with Crippen molar-refractivity contribution < 1.29 is 23.1 Å². The van der Waals surface area contributed by atoms with E-state index in [0.717, 1.165) is 10.8 Å². The second kappa shape index (κ2) is 6.17. The van der Waals surface area contributed by atoms with Crippen LogP contribution in [0.1, 0.15) is 12.8 Å². The number of carboxylic acid groups (broad SMARTS) is 1. The van der Waals surface area contributed by atoms with Crippen LogP contribution in [-0.4, -0.2) is 43.2 Å². The smallest absolute Gasteiger partial charge is 0.450 e. The van der Waals surface area contributed by atoms with Crippen molar-refractivity contribution in [3.05, 3.63) is 42.5 Å². The van der Waals surface area contributed by atoms with E-state index in [0.29, 0.717) is 12.8 Å². The lowest BCUT2D eigenvalue weighted by molar-refractivity contribution is 0.0307. The van der Waals surface area contributed by atoms with E-state index in [2.05, 4.69) is 0 Å². The van der Waals surface area contributed by atoms with Crippen LogP contribution >= 0.6 is 0 Å². The Hall–Kier alpha value is -2.12. The summed E-state index contributed by atoms with van der Waals surface area (Å²) in [6.45, 7) is 0.514. The molecule has 1 N–H and O–H groups in total. The van der Waals surface area contributed by atoms with Gasteiger partial charge in [-0.25, -0.2) is 13.2 Å². The monoisotopic (exact) mass is 335 g/mol. The largest absolute Gasteiger partial charge is 0.506 e. The molecule has 1 heterocycles. The van der Waals surface area contributed by atoms with Gasteiger partial charge in [-0.2, -0.15) is 4.31 Å². The normalized spacial score (nSPS) is 17.2. The van der Waals surface area contributed by atoms with E-state index in [1.165, 1.54) is 4.31 Å². The van der Waals surface area contributed by atoms with Gasteiger partial charge >= 0.3 is 6.16 Å². The fourth-order valence-electron chi connectivity index (χ4n) is 2.81. The molecule has 122 valence electrons. The van der Waals surface area contributed by atoms with Crippen LogP contribution in [0, 0.1) is 0 Å². The zero-order valence-corrected chi connectivity index (χ0v) is 13.2. The van der Waals surface area contributed by atoms with Gasteiger partial charge in [-0.15, -0.1) is 0 Å². The summed E-state index contributed by atoms with van der Waals surface area (Å²) in [7, 11) is -3.58. The maximum atomic E-state index is 12.7. The molecule has 0 spiro atoms. The number of hydrogen-bond donors (Lipinski definition) is 1. The van der Waals surface area contributed by atoms with Crippen molar-refractivity contribution in [3.63, 3.8) is 0 Å². The summed E-state index contributed by atoms with van der Waals surface area (Å²) in [6, 6.07) is 12.7. The minimum absolute atomic E-state index is 0.257. The van der Waals surface area contributed by atoms with Crippen LogP contribution in [0.25, 0.3) is 10.8 Å². The van der Waals surface area contributed by atoms with E-state index in [-0.39, 0.29) is 18.0 Å². The maximum Gasteiger partial charge on any atom is 0.506 e. The summed E-state index contributed by atoms with van der Waals surface area (Å²) >= 11 is 0. The molecule has 0 bridgehead atoms. The molecule has 2 aromatic carbocycles. The van der Waals surface area contributed by atoms with Crippen LogP contribution in [-0.2, 0) is 14.8 Å². The molecule has 6 nitrogen and oxygen atoms in total. The van der Waals surface area contributed by atoms with Gasteiger partial charge in [0.2, 0.25) is 10.0 Å². The number of nitrogens with zero attached hydrogens (tertiary/aromatic N) is 1. The molecule has 0 radical (unpaired) electrons. The number of sulfonamides is 1. The zero-order chi connectivity index (χ0) is 16.4. The van der Waals surface area contributed by atoms with Gasteiger partial charge in [0, 0.05) is 13.1 Å². The van der Waals surface area contributed by atoms with Crippen molar-refractivity contribution in [2.75, 3.05) is 13.1 Å². The molecule has 7 heteroatoms. The SMILES string of the molecule is O=C(O)OC1CCN(S(=O)(=O)c2ccc3ccccc3c2)CC1. The van der Waals surface area contributed by atoms with Gasteiger partial charge in [0.15, 0.2) is 0 Å². The summed E-state index contributed by atoms with van der Waals surface area (Å²) in [5.41, 5.74) is 0. The summed E-state index contributed by atoms with van der Waals surface area (Å²) < 4.78 is 31.6. The highest BCUT2D eigenvalue weighted by molar-refractivity contribution is 7.89. The number of fused-ring (bicyclic) bond motifs is 1. The highest BCUT2D eigenvalue weighted by atomic mass is 32.2. The molecule has 3 rings (SSSR count). The minimum Gasteiger partial charge on any atom is -0.450 e. The number of rotatable bonds is 3. The molecule has 0 atom stereocenters. The summed E-state index contributed by atoms with van der Waals surface area (Å²) in [5, 5.41) is 10.5. The Morgan fingerprint density at radius 1 is 1.09 bits per heavy atom. The van der Waals surface area contributed by atoms with Gasteiger partial charge in [-0.3, -0.25) is 0 Å². The lowest BCUT2D eigenvalue weighted by Crippen LogP contribution is -2.41. The van der Waals surface area contributed by atoms with Gasteiger partial charge in [0.1, 0.15) is 6.10 Å². The Kier molecular flexibility index (Phi) is 4.23. The van der Waals surface area contributed by atoms with E-state index in [1.807, 2.05) is 24.3 Å². The first-order valence-corrected chi connectivity index (χ1v) is 8.79. The topological polar surface area (TPSA) is 83.9 Å². The van der Waals surface area contributed by atoms with E-state index in [4.69, 9.17) is 9.84 Å². The Labute approximate surface area is 134 Å². The Morgan fingerprint density at radius 2 is 1.74 bits per heavy atom. The quantitative estimate of drug-likeness (QED) is 0.872. The molecular weight excluding hydrogens is 318 g/mol. The highest BCUT2D eigenvalue weighted by Crippen LogP contribution is 2.25. The molecule has 2 aromatic rings. The molecule has 23 heavy (non-hydrogen) atoms. The zero-order valence-electron chi connectivity index (χ0n) is 12.4. The Balaban J connectivity index is 1.79. The summed E-state index contributed by atoms with van der Waals surface area (Å²) in [6.07, 6.45) is -1.01. The van der Waals surface area contributed by atoms with Crippen LogP contribution in [0.5, 0.6) is 0 Å². The van der Waals surface area contributed by atoms with E-state index in [9.17, 15) is 13.2 Å². The van der Waals surface area contributed by atoms with Gasteiger partial charge in [0.25, 0.3) is 0 Å². The van der Waals surface area contributed by atoms with Crippen molar-refractivity contribution >= 4 is 27.0 Å². The fourth-order valence-corrected chi connectivity index (χ4v) is 4.32. The van der Waals surface area contributed by atoms with E-state index in [1.54, 1.807) is 18.2 Å². The molecule has 0 aliphatic carbocycles. The molecule has 0 saturated carbocycles. The average Bonchev–Trinajstić information content (AvgIpc) is 2.54. The second-order valence-electron chi connectivity index (χ2n) is 5.50. The first-order valence-electron chi connectivity index (χ1n) is 7.35. The number of carbonyl (C=O) groups is 1. The van der Waals surface area contributed by atoms with Gasteiger partial charge < -0.3 is 9.84 Å². The molecular formula is C16H17NO5S. The van der Waals surface area contributed by atoms with Crippen LogP contribution in [0.4, 0.5) is 4.79 Å². The molecule has 1 fully saturated rings. The van der Waals surface area contributed by atoms with E-state index < -0.39 is 22.3 Å². The average molecular weight is 335 g/mol. The predicted octanol–water partition coefficient (Wildman–Crippen LogP) is 2.69. The first-order chi connectivity index (χ1) is 11.0.